The summed E-state index contributed by atoms with van der Waals surface area (Å²) < 4.78 is 0. The van der Waals surface area contributed by atoms with E-state index >= 15 is 0 Å². The highest BCUT2D eigenvalue weighted by atomic mass is 14.9. The molecule has 112 valence electrons. The quantitative estimate of drug-likeness (QED) is 0.767. The van der Waals surface area contributed by atoms with Gasteiger partial charge in [0.15, 0.2) is 0 Å². The third kappa shape index (κ3) is 2.72. The molecule has 1 nitrogen and oxygen atoms in total. The van der Waals surface area contributed by atoms with Crippen LogP contribution in [0, 0.1) is 5.41 Å². The molecule has 3 rings (SSSR count). The maximum Gasteiger partial charge on any atom is 0.0377 e. The van der Waals surface area contributed by atoms with Crippen molar-refractivity contribution in [3.05, 3.63) is 48.0 Å². The minimum atomic E-state index is 0.457. The minimum absolute atomic E-state index is 0.457. The first-order valence-electron chi connectivity index (χ1n) is 8.51. The second-order valence-corrected chi connectivity index (χ2v) is 6.52. The smallest absolute Gasteiger partial charge is 0.0377 e. The largest absolute Gasteiger partial charge is 0.310 e. The minimum Gasteiger partial charge on any atom is -0.310 e. The molecule has 1 fully saturated rings. The highest BCUT2D eigenvalue weighted by Gasteiger charge is 2.40. The summed E-state index contributed by atoms with van der Waals surface area (Å²) in [5.74, 6) is 0. The Kier molecular flexibility index (Phi) is 4.30. The van der Waals surface area contributed by atoms with E-state index in [9.17, 15) is 0 Å². The highest BCUT2D eigenvalue weighted by Crippen LogP contribution is 2.50. The molecule has 0 radical (unpaired) electrons. The van der Waals surface area contributed by atoms with Gasteiger partial charge in [0.1, 0.15) is 0 Å². The number of hydrogen-bond acceptors (Lipinski definition) is 1. The zero-order valence-corrected chi connectivity index (χ0v) is 13.4. The number of fused-ring (bicyclic) bond motifs is 1. The molecule has 1 aliphatic carbocycles. The average molecular weight is 281 g/mol. The number of rotatable bonds is 5. The van der Waals surface area contributed by atoms with Crippen molar-refractivity contribution in [1.29, 1.82) is 0 Å². The van der Waals surface area contributed by atoms with Crippen molar-refractivity contribution < 1.29 is 0 Å². The van der Waals surface area contributed by atoms with Gasteiger partial charge >= 0.3 is 0 Å². The summed E-state index contributed by atoms with van der Waals surface area (Å²) >= 11 is 0. The van der Waals surface area contributed by atoms with Crippen LogP contribution in [0.4, 0.5) is 0 Å². The third-order valence-corrected chi connectivity index (χ3v) is 5.43. The summed E-state index contributed by atoms with van der Waals surface area (Å²) in [6.07, 6.45) is 6.80. The summed E-state index contributed by atoms with van der Waals surface area (Å²) in [7, 11) is 0. The Morgan fingerprint density at radius 2 is 1.71 bits per heavy atom. The molecular weight excluding hydrogens is 254 g/mol. The lowest BCUT2D eigenvalue weighted by molar-refractivity contribution is 0.189. The second-order valence-electron chi connectivity index (χ2n) is 6.52. The zero-order valence-electron chi connectivity index (χ0n) is 13.4. The topological polar surface area (TPSA) is 12.0 Å². The predicted octanol–water partition coefficient (Wildman–Crippen LogP) is 5.46. The van der Waals surface area contributed by atoms with Gasteiger partial charge in [-0.1, -0.05) is 63.1 Å². The maximum absolute atomic E-state index is 3.80. The number of benzene rings is 2. The molecule has 0 saturated heterocycles. The molecule has 2 aromatic rings. The van der Waals surface area contributed by atoms with Gasteiger partial charge in [0.05, 0.1) is 0 Å². The van der Waals surface area contributed by atoms with Gasteiger partial charge < -0.3 is 5.32 Å². The van der Waals surface area contributed by atoms with Gasteiger partial charge in [0, 0.05) is 6.04 Å². The van der Waals surface area contributed by atoms with E-state index in [0.717, 1.165) is 6.54 Å². The van der Waals surface area contributed by atoms with Crippen LogP contribution in [0.15, 0.2) is 42.5 Å². The van der Waals surface area contributed by atoms with Gasteiger partial charge in [-0.25, -0.2) is 0 Å². The summed E-state index contributed by atoms with van der Waals surface area (Å²) in [5.41, 5.74) is 1.93. The average Bonchev–Trinajstić information content (AvgIpc) is 3.02. The van der Waals surface area contributed by atoms with Crippen LogP contribution < -0.4 is 5.32 Å². The summed E-state index contributed by atoms with van der Waals surface area (Å²) in [6, 6.07) is 16.2. The van der Waals surface area contributed by atoms with Crippen molar-refractivity contribution in [3.8, 4) is 0 Å². The molecule has 0 aliphatic heterocycles. The van der Waals surface area contributed by atoms with Crippen molar-refractivity contribution in [2.24, 2.45) is 5.41 Å². The molecule has 2 aromatic carbocycles. The fourth-order valence-electron chi connectivity index (χ4n) is 4.20. The normalized spacial score (nSPS) is 19.0. The van der Waals surface area contributed by atoms with Crippen LogP contribution >= 0.6 is 0 Å². The molecule has 1 aliphatic rings. The molecular formula is C20H27N. The molecule has 1 atom stereocenters. The molecule has 1 unspecified atom stereocenters. The first-order valence-corrected chi connectivity index (χ1v) is 8.51. The fraction of sp³-hybridized carbons (Fsp3) is 0.500. The van der Waals surface area contributed by atoms with Gasteiger partial charge in [-0.2, -0.15) is 0 Å². The van der Waals surface area contributed by atoms with E-state index in [2.05, 4.69) is 61.6 Å². The predicted molar refractivity (Wildman–Crippen MR) is 91.6 cm³/mol. The molecule has 0 bridgehead atoms. The lowest BCUT2D eigenvalue weighted by Crippen LogP contribution is -2.36. The van der Waals surface area contributed by atoms with E-state index in [1.54, 1.807) is 0 Å². The van der Waals surface area contributed by atoms with Crippen LogP contribution in [-0.2, 0) is 0 Å². The summed E-state index contributed by atoms with van der Waals surface area (Å²) in [5, 5.41) is 6.50. The van der Waals surface area contributed by atoms with Crippen LogP contribution in [0.25, 0.3) is 10.8 Å². The van der Waals surface area contributed by atoms with Crippen molar-refractivity contribution in [3.63, 3.8) is 0 Å². The Morgan fingerprint density at radius 1 is 1.00 bits per heavy atom. The SMILES string of the molecule is CCNC(c1ccc2ccccc2c1)C1(CC)CCCC1. The van der Waals surface area contributed by atoms with E-state index in [0.29, 0.717) is 11.5 Å². The highest BCUT2D eigenvalue weighted by molar-refractivity contribution is 5.83. The molecule has 0 aromatic heterocycles. The van der Waals surface area contributed by atoms with Gasteiger partial charge in [-0.05, 0) is 53.6 Å². The molecule has 0 amide bonds. The Balaban J connectivity index is 2.02. The molecule has 1 saturated carbocycles. The first kappa shape index (κ1) is 14.6. The van der Waals surface area contributed by atoms with Crippen LogP contribution in [0.2, 0.25) is 0 Å². The van der Waals surface area contributed by atoms with E-state index in [1.165, 1.54) is 48.4 Å². The van der Waals surface area contributed by atoms with Gasteiger partial charge in [-0.15, -0.1) is 0 Å². The fourth-order valence-corrected chi connectivity index (χ4v) is 4.20. The van der Waals surface area contributed by atoms with Crippen LogP contribution in [0.5, 0.6) is 0 Å². The molecule has 0 heterocycles. The van der Waals surface area contributed by atoms with Crippen LogP contribution in [0.1, 0.15) is 57.6 Å². The monoisotopic (exact) mass is 281 g/mol. The Bertz CT molecular complexity index is 596. The van der Waals surface area contributed by atoms with Crippen LogP contribution in [-0.4, -0.2) is 6.54 Å². The van der Waals surface area contributed by atoms with E-state index in [1.807, 2.05) is 0 Å². The van der Waals surface area contributed by atoms with Crippen LogP contribution in [0.3, 0.4) is 0 Å². The number of hydrogen-bond donors (Lipinski definition) is 1. The molecule has 21 heavy (non-hydrogen) atoms. The maximum atomic E-state index is 3.80. The van der Waals surface area contributed by atoms with E-state index in [-0.39, 0.29) is 0 Å². The lowest BCUT2D eigenvalue weighted by atomic mass is 9.73. The first-order chi connectivity index (χ1) is 10.3. The summed E-state index contributed by atoms with van der Waals surface area (Å²) in [4.78, 5) is 0. The Labute approximate surface area is 128 Å². The van der Waals surface area contributed by atoms with Crippen molar-refractivity contribution in [1.82, 2.24) is 5.32 Å². The number of nitrogens with one attached hydrogen (secondary N) is 1. The molecule has 0 spiro atoms. The van der Waals surface area contributed by atoms with Gasteiger partial charge in [0.2, 0.25) is 0 Å². The van der Waals surface area contributed by atoms with E-state index < -0.39 is 0 Å². The third-order valence-electron chi connectivity index (χ3n) is 5.43. The van der Waals surface area contributed by atoms with Gasteiger partial charge in [-0.3, -0.25) is 0 Å². The Morgan fingerprint density at radius 3 is 2.38 bits per heavy atom. The van der Waals surface area contributed by atoms with Gasteiger partial charge in [0.25, 0.3) is 0 Å². The molecule has 1 N–H and O–H groups in total. The van der Waals surface area contributed by atoms with Crippen molar-refractivity contribution in [2.75, 3.05) is 6.54 Å². The lowest BCUT2D eigenvalue weighted by Gasteiger charge is -2.38. The molecule has 1 heteroatoms. The van der Waals surface area contributed by atoms with Crippen molar-refractivity contribution >= 4 is 10.8 Å². The van der Waals surface area contributed by atoms with Crippen molar-refractivity contribution in [2.45, 2.75) is 52.0 Å². The summed E-state index contributed by atoms with van der Waals surface area (Å²) in [6.45, 7) is 5.64. The standard InChI is InChI=1S/C20H27N/c1-3-20(13-7-8-14-20)19(21-4-2)18-12-11-16-9-5-6-10-17(16)15-18/h5-6,9-12,15,19,21H,3-4,7-8,13-14H2,1-2H3. The second kappa shape index (κ2) is 6.19. The van der Waals surface area contributed by atoms with E-state index in [4.69, 9.17) is 0 Å². The Hall–Kier alpha value is -1.34. The zero-order chi connectivity index (χ0) is 14.7.